The van der Waals surface area contributed by atoms with E-state index in [4.69, 9.17) is 11.6 Å². The van der Waals surface area contributed by atoms with Gasteiger partial charge in [-0.05, 0) is 35.9 Å². The van der Waals surface area contributed by atoms with Gasteiger partial charge in [0.1, 0.15) is 11.4 Å². The molecule has 4 nitrogen and oxygen atoms in total. The Kier molecular flexibility index (Phi) is 5.51. The van der Waals surface area contributed by atoms with Gasteiger partial charge >= 0.3 is 12.2 Å². The third-order valence-corrected chi connectivity index (χ3v) is 3.72. The van der Waals surface area contributed by atoms with Crippen LogP contribution in [0.2, 0.25) is 5.02 Å². The molecule has 0 radical (unpaired) electrons. The lowest BCUT2D eigenvalue weighted by atomic mass is 10.1. The van der Waals surface area contributed by atoms with Crippen molar-refractivity contribution in [3.05, 3.63) is 58.6 Å². The van der Waals surface area contributed by atoms with Crippen LogP contribution in [0, 0.1) is 0 Å². The summed E-state index contributed by atoms with van der Waals surface area (Å²) in [4.78, 5) is 12.0. The predicted octanol–water partition coefficient (Wildman–Crippen LogP) is 4.63. The fourth-order valence-corrected chi connectivity index (χ4v) is 2.24. The zero-order valence-corrected chi connectivity index (χ0v) is 13.7. The Bertz CT molecular complexity index is 738. The average Bonchev–Trinajstić information content (AvgIpc) is 2.53. The second-order valence-corrected chi connectivity index (χ2v) is 5.63. The summed E-state index contributed by atoms with van der Waals surface area (Å²) in [6.07, 6.45) is -4.41. The van der Waals surface area contributed by atoms with Crippen LogP contribution in [-0.2, 0) is 12.7 Å². The normalized spacial score (nSPS) is 11.2. The van der Waals surface area contributed by atoms with Crippen molar-refractivity contribution >= 4 is 36.1 Å². The number of alkyl halides is 3. The van der Waals surface area contributed by atoms with E-state index in [-0.39, 0.29) is 18.0 Å². The van der Waals surface area contributed by atoms with Gasteiger partial charge in [-0.3, -0.25) is 0 Å². The maximum atomic E-state index is 12.5. The van der Waals surface area contributed by atoms with E-state index in [1.165, 1.54) is 30.3 Å². The summed E-state index contributed by atoms with van der Waals surface area (Å²) in [5, 5.41) is 12.5. The number of amides is 2. The maximum absolute atomic E-state index is 12.5. The fraction of sp³-hybridized carbons (Fsp3) is 0.133. The molecule has 0 unspecified atom stereocenters. The molecular formula is C15H12ClF3N2O2S. The first-order valence-corrected chi connectivity index (χ1v) is 7.38. The van der Waals surface area contributed by atoms with Gasteiger partial charge in [-0.2, -0.15) is 13.2 Å². The van der Waals surface area contributed by atoms with Crippen LogP contribution in [0.1, 0.15) is 11.1 Å². The molecule has 0 heterocycles. The number of phenolic OH excluding ortho intramolecular Hbond substituents is 1. The molecule has 0 aliphatic heterocycles. The van der Waals surface area contributed by atoms with Gasteiger partial charge in [0.2, 0.25) is 0 Å². The van der Waals surface area contributed by atoms with Crippen LogP contribution >= 0.6 is 24.4 Å². The van der Waals surface area contributed by atoms with Crippen molar-refractivity contribution in [3.8, 4) is 5.75 Å². The molecule has 0 saturated carbocycles. The Morgan fingerprint density at radius 1 is 1.21 bits per heavy atom. The van der Waals surface area contributed by atoms with Crippen LogP contribution in [0.4, 0.5) is 23.7 Å². The summed E-state index contributed by atoms with van der Waals surface area (Å²) in [7, 11) is 0. The molecule has 24 heavy (non-hydrogen) atoms. The molecular weight excluding hydrogens is 365 g/mol. The number of carbonyl (C=O) groups excluding carboxylic acids is 1. The molecule has 0 bridgehead atoms. The monoisotopic (exact) mass is 376 g/mol. The minimum atomic E-state index is -4.41. The highest BCUT2D eigenvalue weighted by atomic mass is 35.5. The van der Waals surface area contributed by atoms with E-state index in [0.29, 0.717) is 10.6 Å². The number of carbonyl (C=O) groups is 1. The number of aromatic hydroxyl groups is 1. The summed E-state index contributed by atoms with van der Waals surface area (Å²) < 4.78 is 38.3. The Balaban J connectivity index is 2.01. The van der Waals surface area contributed by atoms with Gasteiger partial charge < -0.3 is 10.4 Å². The van der Waals surface area contributed by atoms with Crippen molar-refractivity contribution in [2.45, 2.75) is 12.7 Å². The number of thiol groups is 1. The lowest BCUT2D eigenvalue weighted by Crippen LogP contribution is -2.33. The largest absolute Gasteiger partial charge is 0.506 e. The smallest absolute Gasteiger partial charge is 0.416 e. The van der Waals surface area contributed by atoms with E-state index in [9.17, 15) is 23.1 Å². The number of halogens is 4. The first-order valence-electron chi connectivity index (χ1n) is 6.60. The molecule has 9 heteroatoms. The SMILES string of the molecule is O=C(NCc1ccc(C(F)(F)F)cc1)N(S)c1cc(Cl)ccc1O. The zero-order valence-electron chi connectivity index (χ0n) is 12.0. The number of anilines is 1. The van der Waals surface area contributed by atoms with Crippen molar-refractivity contribution in [2.75, 3.05) is 4.31 Å². The molecule has 2 aromatic carbocycles. The van der Waals surface area contributed by atoms with Crippen LogP contribution in [0.25, 0.3) is 0 Å². The number of phenols is 1. The first kappa shape index (κ1) is 18.3. The van der Waals surface area contributed by atoms with Gasteiger partial charge in [-0.1, -0.05) is 36.5 Å². The summed E-state index contributed by atoms with van der Waals surface area (Å²) in [5.41, 5.74) is -0.207. The van der Waals surface area contributed by atoms with E-state index in [2.05, 4.69) is 18.1 Å². The number of urea groups is 1. The predicted molar refractivity (Wildman–Crippen MR) is 88.3 cm³/mol. The van der Waals surface area contributed by atoms with E-state index in [1.807, 2.05) is 0 Å². The molecule has 0 aromatic heterocycles. The molecule has 0 saturated heterocycles. The van der Waals surface area contributed by atoms with Gasteiger partial charge in [-0.15, -0.1) is 0 Å². The summed E-state index contributed by atoms with van der Waals surface area (Å²) in [6, 6.07) is 7.83. The van der Waals surface area contributed by atoms with Crippen molar-refractivity contribution in [1.82, 2.24) is 5.32 Å². The highest BCUT2D eigenvalue weighted by molar-refractivity contribution is 7.82. The van der Waals surface area contributed by atoms with Crippen LogP contribution in [-0.4, -0.2) is 11.1 Å². The third kappa shape index (κ3) is 4.48. The molecule has 2 amide bonds. The molecule has 2 N–H and O–H groups in total. The van der Waals surface area contributed by atoms with Crippen LogP contribution < -0.4 is 9.62 Å². The Labute approximate surface area is 146 Å². The second kappa shape index (κ2) is 7.23. The Morgan fingerprint density at radius 3 is 2.42 bits per heavy atom. The molecule has 128 valence electrons. The van der Waals surface area contributed by atoms with Gasteiger partial charge in [0.15, 0.2) is 0 Å². The van der Waals surface area contributed by atoms with Gasteiger partial charge in [-0.25, -0.2) is 9.10 Å². The highest BCUT2D eigenvalue weighted by Gasteiger charge is 2.29. The van der Waals surface area contributed by atoms with Crippen molar-refractivity contribution in [2.24, 2.45) is 0 Å². The molecule has 0 aliphatic rings. The van der Waals surface area contributed by atoms with Crippen molar-refractivity contribution in [3.63, 3.8) is 0 Å². The summed E-state index contributed by atoms with van der Waals surface area (Å²) in [5.74, 6) is -0.195. The van der Waals surface area contributed by atoms with Crippen LogP contribution in [0.3, 0.4) is 0 Å². The number of nitrogens with zero attached hydrogens (tertiary/aromatic N) is 1. The molecule has 0 fully saturated rings. The fourth-order valence-electron chi connectivity index (χ4n) is 1.84. The van der Waals surface area contributed by atoms with Gasteiger partial charge in [0, 0.05) is 11.6 Å². The Hall–Kier alpha value is -2.06. The number of benzene rings is 2. The third-order valence-electron chi connectivity index (χ3n) is 3.08. The van der Waals surface area contributed by atoms with Crippen LogP contribution in [0.15, 0.2) is 42.5 Å². The van der Waals surface area contributed by atoms with E-state index >= 15 is 0 Å². The summed E-state index contributed by atoms with van der Waals surface area (Å²) >= 11 is 9.78. The lowest BCUT2D eigenvalue weighted by molar-refractivity contribution is -0.137. The number of nitrogens with one attached hydrogen (secondary N) is 1. The highest BCUT2D eigenvalue weighted by Crippen LogP contribution is 2.31. The molecule has 0 aliphatic carbocycles. The second-order valence-electron chi connectivity index (χ2n) is 4.80. The molecule has 2 rings (SSSR count). The topological polar surface area (TPSA) is 52.6 Å². The summed E-state index contributed by atoms with van der Waals surface area (Å²) in [6.45, 7) is -0.00461. The quantitative estimate of drug-likeness (QED) is 0.684. The maximum Gasteiger partial charge on any atom is 0.416 e. The van der Waals surface area contributed by atoms with E-state index in [1.54, 1.807) is 0 Å². The van der Waals surface area contributed by atoms with E-state index < -0.39 is 17.8 Å². The minimum Gasteiger partial charge on any atom is -0.506 e. The average molecular weight is 377 g/mol. The standard InChI is InChI=1S/C15H12ClF3N2O2S/c16-11-5-6-13(22)12(7-11)21(24)14(23)20-8-9-1-3-10(4-2-9)15(17,18)19/h1-7,22,24H,8H2,(H,20,23). The van der Waals surface area contributed by atoms with Crippen molar-refractivity contribution < 1.29 is 23.1 Å². The molecule has 0 spiro atoms. The number of rotatable bonds is 3. The minimum absolute atomic E-state index is 0.00461. The number of hydrogen-bond donors (Lipinski definition) is 3. The van der Waals surface area contributed by atoms with Gasteiger partial charge in [0.05, 0.1) is 5.56 Å². The molecule has 2 aromatic rings. The van der Waals surface area contributed by atoms with Gasteiger partial charge in [0.25, 0.3) is 0 Å². The lowest BCUT2D eigenvalue weighted by Gasteiger charge is -2.18. The first-order chi connectivity index (χ1) is 11.2. The number of hydrogen-bond acceptors (Lipinski definition) is 3. The van der Waals surface area contributed by atoms with Crippen molar-refractivity contribution in [1.29, 1.82) is 0 Å². The van der Waals surface area contributed by atoms with E-state index in [0.717, 1.165) is 16.4 Å². The van der Waals surface area contributed by atoms with Crippen LogP contribution in [0.5, 0.6) is 5.75 Å². The Morgan fingerprint density at radius 2 is 1.83 bits per heavy atom. The molecule has 0 atom stereocenters. The zero-order chi connectivity index (χ0) is 17.9.